The van der Waals surface area contributed by atoms with Gasteiger partial charge in [0, 0.05) is 0 Å². The number of thioether (sulfide) groups is 1. The molecule has 4 heteroatoms. The molecule has 0 bridgehead atoms. The van der Waals surface area contributed by atoms with Gasteiger partial charge < -0.3 is 0 Å². The zero-order valence-electron chi connectivity index (χ0n) is 10.8. The van der Waals surface area contributed by atoms with Gasteiger partial charge in [0.1, 0.15) is 12.3 Å². The van der Waals surface area contributed by atoms with E-state index in [-0.39, 0.29) is 11.8 Å². The van der Waals surface area contributed by atoms with Crippen LogP contribution in [0.25, 0.3) is 5.57 Å². The molecule has 2 aliphatic heterocycles. The number of nitrogens with zero attached hydrogens (tertiary/aromatic N) is 2. The van der Waals surface area contributed by atoms with Gasteiger partial charge in [0.25, 0.3) is 5.91 Å². The first-order valence-corrected chi connectivity index (χ1v) is 7.16. The molecular weight excluding hydrogens is 256 g/mol. The van der Waals surface area contributed by atoms with Gasteiger partial charge in [-0.05, 0) is 28.0 Å². The summed E-state index contributed by atoms with van der Waals surface area (Å²) in [6.45, 7) is 4.34. The summed E-state index contributed by atoms with van der Waals surface area (Å²) in [5.74, 6) is 0.105. The van der Waals surface area contributed by atoms with Crippen LogP contribution in [0.15, 0.2) is 39.7 Å². The molecule has 19 heavy (non-hydrogen) atoms. The molecular formula is C15H14N2OS. The van der Waals surface area contributed by atoms with E-state index in [2.05, 4.69) is 48.1 Å². The molecule has 1 aromatic rings. The summed E-state index contributed by atoms with van der Waals surface area (Å²) in [6, 6.07) is 8.40. The Morgan fingerprint density at radius 1 is 1.21 bits per heavy atom. The van der Waals surface area contributed by atoms with Crippen molar-refractivity contribution in [1.82, 2.24) is 0 Å². The van der Waals surface area contributed by atoms with Crippen LogP contribution in [0.5, 0.6) is 0 Å². The second-order valence-corrected chi connectivity index (χ2v) is 5.84. The molecule has 3 rings (SSSR count). The molecule has 1 amide bonds. The summed E-state index contributed by atoms with van der Waals surface area (Å²) in [7, 11) is 0. The van der Waals surface area contributed by atoms with Gasteiger partial charge in [0.15, 0.2) is 0 Å². The smallest absolute Gasteiger partial charge is 0.261 e. The number of hydrogen-bond donors (Lipinski definition) is 0. The Hall–Kier alpha value is -1.68. The highest BCUT2D eigenvalue weighted by molar-refractivity contribution is 8.17. The largest absolute Gasteiger partial charge is 0.271 e. The molecule has 2 heterocycles. The molecule has 3 nitrogen and oxygen atoms in total. The Morgan fingerprint density at radius 3 is 2.63 bits per heavy atom. The average Bonchev–Trinajstić information content (AvgIpc) is 2.84. The van der Waals surface area contributed by atoms with Gasteiger partial charge in [0.2, 0.25) is 0 Å². The SMILES string of the molecule is CC(C)c1ccc(C2=CSC3=NC=NC(=O)C23)cc1. The summed E-state index contributed by atoms with van der Waals surface area (Å²) in [4.78, 5) is 19.9. The van der Waals surface area contributed by atoms with Gasteiger partial charge in [0.05, 0.1) is 5.04 Å². The van der Waals surface area contributed by atoms with Crippen molar-refractivity contribution in [2.45, 2.75) is 19.8 Å². The predicted octanol–water partition coefficient (Wildman–Crippen LogP) is 3.48. The fraction of sp³-hybridized carbons (Fsp3) is 0.267. The molecule has 0 N–H and O–H groups in total. The summed E-state index contributed by atoms with van der Waals surface area (Å²) in [5.41, 5.74) is 3.40. The van der Waals surface area contributed by atoms with Crippen LogP contribution in [0.1, 0.15) is 30.9 Å². The number of benzene rings is 1. The van der Waals surface area contributed by atoms with Crippen molar-refractivity contribution in [3.05, 3.63) is 40.8 Å². The Morgan fingerprint density at radius 2 is 1.95 bits per heavy atom. The van der Waals surface area contributed by atoms with Gasteiger partial charge in [-0.15, -0.1) is 0 Å². The lowest BCUT2D eigenvalue weighted by Gasteiger charge is -2.14. The zero-order chi connectivity index (χ0) is 13.4. The van der Waals surface area contributed by atoms with Gasteiger partial charge in [-0.1, -0.05) is 49.9 Å². The first-order valence-electron chi connectivity index (χ1n) is 6.28. The maximum atomic E-state index is 11.9. The van der Waals surface area contributed by atoms with E-state index in [1.54, 1.807) is 0 Å². The van der Waals surface area contributed by atoms with E-state index in [9.17, 15) is 4.79 Å². The van der Waals surface area contributed by atoms with Crippen molar-refractivity contribution < 1.29 is 4.79 Å². The van der Waals surface area contributed by atoms with Crippen LogP contribution in [-0.2, 0) is 4.79 Å². The second-order valence-electron chi connectivity index (χ2n) is 4.95. The van der Waals surface area contributed by atoms with Gasteiger partial charge >= 0.3 is 0 Å². The number of fused-ring (bicyclic) bond motifs is 1. The lowest BCUT2D eigenvalue weighted by atomic mass is 9.92. The summed E-state index contributed by atoms with van der Waals surface area (Å²) in [6.07, 6.45) is 1.35. The third-order valence-corrected chi connectivity index (χ3v) is 4.35. The Balaban J connectivity index is 1.93. The Kier molecular flexibility index (Phi) is 3.11. The van der Waals surface area contributed by atoms with Gasteiger partial charge in [-0.3, -0.25) is 4.79 Å². The fourth-order valence-corrected chi connectivity index (χ4v) is 3.24. The molecule has 0 radical (unpaired) electrons. The quantitative estimate of drug-likeness (QED) is 0.825. The van der Waals surface area contributed by atoms with Crippen LogP contribution in [-0.4, -0.2) is 17.3 Å². The minimum Gasteiger partial charge on any atom is -0.271 e. The van der Waals surface area contributed by atoms with Crippen molar-refractivity contribution in [3.63, 3.8) is 0 Å². The molecule has 0 aliphatic carbocycles. The number of carbonyl (C=O) groups excluding carboxylic acids is 1. The Labute approximate surface area is 116 Å². The fourth-order valence-electron chi connectivity index (χ4n) is 2.25. The van der Waals surface area contributed by atoms with Crippen LogP contribution in [0.4, 0.5) is 0 Å². The van der Waals surface area contributed by atoms with E-state index < -0.39 is 0 Å². The van der Waals surface area contributed by atoms with E-state index >= 15 is 0 Å². The van der Waals surface area contributed by atoms with Gasteiger partial charge in [-0.2, -0.15) is 0 Å². The third kappa shape index (κ3) is 2.16. The summed E-state index contributed by atoms with van der Waals surface area (Å²) in [5, 5.41) is 2.85. The highest BCUT2D eigenvalue weighted by atomic mass is 32.2. The van der Waals surface area contributed by atoms with E-state index in [4.69, 9.17) is 0 Å². The lowest BCUT2D eigenvalue weighted by molar-refractivity contribution is -0.118. The van der Waals surface area contributed by atoms with E-state index in [0.717, 1.165) is 16.2 Å². The molecule has 96 valence electrons. The number of hydrogen-bond acceptors (Lipinski definition) is 3. The molecule has 0 saturated heterocycles. The normalized spacial score (nSPS) is 21.4. The molecule has 1 aromatic carbocycles. The number of aliphatic imine (C=N–C) groups is 2. The number of amides is 1. The minimum absolute atomic E-state index is 0.116. The lowest BCUT2D eigenvalue weighted by Crippen LogP contribution is -2.21. The summed E-state index contributed by atoms with van der Waals surface area (Å²) >= 11 is 1.52. The minimum atomic E-state index is -0.292. The van der Waals surface area contributed by atoms with Crippen LogP contribution in [0.2, 0.25) is 0 Å². The molecule has 1 unspecified atom stereocenters. The van der Waals surface area contributed by atoms with Crippen molar-refractivity contribution in [2.75, 3.05) is 0 Å². The second kappa shape index (κ2) is 4.78. The first kappa shape index (κ1) is 12.4. The van der Waals surface area contributed by atoms with Crippen LogP contribution >= 0.6 is 11.8 Å². The molecule has 0 fully saturated rings. The maximum Gasteiger partial charge on any atom is 0.261 e. The van der Waals surface area contributed by atoms with E-state index in [1.165, 1.54) is 23.7 Å². The van der Waals surface area contributed by atoms with Crippen LogP contribution in [0, 0.1) is 5.92 Å². The third-order valence-electron chi connectivity index (χ3n) is 3.39. The van der Waals surface area contributed by atoms with Gasteiger partial charge in [-0.25, -0.2) is 9.98 Å². The molecule has 1 atom stereocenters. The standard InChI is InChI=1S/C15H14N2OS/c1-9(2)10-3-5-11(6-4-10)12-7-19-15-13(12)14(18)16-8-17-15/h3-9,13H,1-2H3. The first-order chi connectivity index (χ1) is 9.16. The zero-order valence-corrected chi connectivity index (χ0v) is 11.6. The van der Waals surface area contributed by atoms with E-state index in [0.29, 0.717) is 5.92 Å². The van der Waals surface area contributed by atoms with Crippen molar-refractivity contribution in [2.24, 2.45) is 15.9 Å². The highest BCUT2D eigenvalue weighted by Gasteiger charge is 2.35. The van der Waals surface area contributed by atoms with Crippen LogP contribution < -0.4 is 0 Å². The Bertz CT molecular complexity index is 612. The maximum absolute atomic E-state index is 11.9. The topological polar surface area (TPSA) is 41.8 Å². The number of rotatable bonds is 2. The average molecular weight is 270 g/mol. The molecule has 2 aliphatic rings. The molecule has 0 saturated carbocycles. The summed E-state index contributed by atoms with van der Waals surface area (Å²) < 4.78 is 0. The van der Waals surface area contributed by atoms with E-state index in [1.807, 2.05) is 5.41 Å². The molecule has 0 aromatic heterocycles. The monoisotopic (exact) mass is 270 g/mol. The van der Waals surface area contributed by atoms with Crippen molar-refractivity contribution >= 4 is 34.6 Å². The number of carbonyl (C=O) groups is 1. The predicted molar refractivity (Wildman–Crippen MR) is 80.5 cm³/mol. The molecule has 0 spiro atoms. The van der Waals surface area contributed by atoms with Crippen molar-refractivity contribution in [3.8, 4) is 0 Å². The van der Waals surface area contributed by atoms with Crippen molar-refractivity contribution in [1.29, 1.82) is 0 Å². The van der Waals surface area contributed by atoms with Crippen LogP contribution in [0.3, 0.4) is 0 Å². The highest BCUT2D eigenvalue weighted by Crippen LogP contribution is 2.39.